The Hall–Kier alpha value is -5.66. The van der Waals surface area contributed by atoms with Crippen LogP contribution in [0.25, 0.3) is 97.6 Å². The molecule has 0 atom stereocenters. The zero-order chi connectivity index (χ0) is 28.5. The summed E-state index contributed by atoms with van der Waals surface area (Å²) >= 11 is 0. The summed E-state index contributed by atoms with van der Waals surface area (Å²) in [5, 5.41) is 18.4. The van der Waals surface area contributed by atoms with Crippen molar-refractivity contribution in [3.63, 3.8) is 0 Å². The van der Waals surface area contributed by atoms with Crippen LogP contribution < -0.4 is 0 Å². The van der Waals surface area contributed by atoms with E-state index in [1.165, 1.54) is 109 Å². The molecule has 1 heterocycles. The van der Waals surface area contributed by atoms with Gasteiger partial charge in [-0.1, -0.05) is 97.1 Å². The summed E-state index contributed by atoms with van der Waals surface area (Å²) in [7, 11) is 0. The molecule has 1 aliphatic carbocycles. The molecule has 0 aliphatic heterocycles. The molecular formula is C43H25N. The summed E-state index contributed by atoms with van der Waals surface area (Å²) in [6.45, 7) is 0. The molecule has 202 valence electrons. The molecule has 0 amide bonds. The Morgan fingerprint density at radius 2 is 0.818 bits per heavy atom. The average Bonchev–Trinajstić information content (AvgIpc) is 3.65. The van der Waals surface area contributed by atoms with Crippen LogP contribution in [0.1, 0.15) is 11.1 Å². The van der Waals surface area contributed by atoms with E-state index in [-0.39, 0.29) is 0 Å². The summed E-state index contributed by atoms with van der Waals surface area (Å²) in [4.78, 5) is 3.75. The Morgan fingerprint density at radius 3 is 1.57 bits per heavy atom. The van der Waals surface area contributed by atoms with Gasteiger partial charge in [0, 0.05) is 21.8 Å². The van der Waals surface area contributed by atoms with Gasteiger partial charge in [0.15, 0.2) is 0 Å². The zero-order valence-electron chi connectivity index (χ0n) is 23.9. The van der Waals surface area contributed by atoms with Crippen molar-refractivity contribution in [1.82, 2.24) is 4.98 Å². The van der Waals surface area contributed by atoms with Crippen LogP contribution in [0.5, 0.6) is 0 Å². The maximum atomic E-state index is 3.75. The lowest BCUT2D eigenvalue weighted by Gasteiger charge is -2.13. The first kappa shape index (κ1) is 22.9. The van der Waals surface area contributed by atoms with Crippen molar-refractivity contribution in [2.75, 3.05) is 0 Å². The highest BCUT2D eigenvalue weighted by Gasteiger charge is 2.24. The molecule has 1 heteroatoms. The van der Waals surface area contributed by atoms with Crippen LogP contribution in [0.4, 0.5) is 0 Å². The topological polar surface area (TPSA) is 15.8 Å². The van der Waals surface area contributed by atoms with E-state index in [0.717, 1.165) is 6.42 Å². The predicted molar refractivity (Wildman–Crippen MR) is 189 cm³/mol. The van der Waals surface area contributed by atoms with Crippen LogP contribution >= 0.6 is 0 Å². The van der Waals surface area contributed by atoms with Gasteiger partial charge in [0.25, 0.3) is 0 Å². The number of H-pyrrole nitrogens is 1. The monoisotopic (exact) mass is 555 g/mol. The number of rotatable bonds is 0. The van der Waals surface area contributed by atoms with Gasteiger partial charge in [-0.2, -0.15) is 0 Å². The standard InChI is InChI=1S/C43H25N/c1-3-7-26-22-36-28(19-24(26)5-1)9-10-30-21-31-11-13-32-33-16-18-39-42(35(33)15-14-34(32)40(31)41(30)36)43-37-23-27-8-4-2-6-25(27)20-29(37)12-17-38(43)44-39/h1-20,22-23,44H,21H2. The summed E-state index contributed by atoms with van der Waals surface area (Å²) in [5.74, 6) is 0. The molecule has 0 unspecified atom stereocenters. The molecule has 44 heavy (non-hydrogen) atoms. The van der Waals surface area contributed by atoms with Gasteiger partial charge >= 0.3 is 0 Å². The molecule has 1 aliphatic rings. The lowest BCUT2D eigenvalue weighted by Crippen LogP contribution is -1.87. The molecule has 10 aromatic rings. The second kappa shape index (κ2) is 8.03. The van der Waals surface area contributed by atoms with Crippen LogP contribution in [0, 0.1) is 0 Å². The molecule has 0 saturated heterocycles. The lowest BCUT2D eigenvalue weighted by molar-refractivity contribution is 1.27. The fraction of sp³-hybridized carbons (Fsp3) is 0.0233. The highest BCUT2D eigenvalue weighted by atomic mass is 14.7. The number of aromatic nitrogens is 1. The average molecular weight is 556 g/mol. The van der Waals surface area contributed by atoms with Gasteiger partial charge in [0.05, 0.1) is 0 Å². The fourth-order valence-electron chi connectivity index (χ4n) is 8.32. The second-order valence-corrected chi connectivity index (χ2v) is 12.6. The highest BCUT2D eigenvalue weighted by Crippen LogP contribution is 2.48. The minimum Gasteiger partial charge on any atom is -0.354 e. The fourth-order valence-corrected chi connectivity index (χ4v) is 8.32. The van der Waals surface area contributed by atoms with E-state index in [1.807, 2.05) is 0 Å². The predicted octanol–water partition coefficient (Wildman–Crippen LogP) is 11.8. The van der Waals surface area contributed by atoms with E-state index in [1.54, 1.807) is 0 Å². The number of hydrogen-bond donors (Lipinski definition) is 1. The first-order valence-electron chi connectivity index (χ1n) is 15.5. The van der Waals surface area contributed by atoms with Gasteiger partial charge in [-0.3, -0.25) is 0 Å². The van der Waals surface area contributed by atoms with E-state index in [4.69, 9.17) is 0 Å². The van der Waals surface area contributed by atoms with E-state index >= 15 is 0 Å². The third kappa shape index (κ3) is 2.89. The second-order valence-electron chi connectivity index (χ2n) is 12.6. The molecule has 0 radical (unpaired) electrons. The van der Waals surface area contributed by atoms with Crippen molar-refractivity contribution in [2.24, 2.45) is 0 Å². The van der Waals surface area contributed by atoms with E-state index in [9.17, 15) is 0 Å². The molecule has 1 nitrogen and oxygen atoms in total. The zero-order valence-corrected chi connectivity index (χ0v) is 23.9. The molecule has 11 rings (SSSR count). The SMILES string of the molecule is c1ccc2cc3c4c(ccc3cc2c1)Cc1ccc2c(ccc3c2ccc2[nH]c5ccc6cc7ccccc7cc6c5c23)c1-4. The van der Waals surface area contributed by atoms with Gasteiger partial charge < -0.3 is 4.98 Å². The molecule has 0 bridgehead atoms. The number of fused-ring (bicyclic) bond motifs is 17. The van der Waals surface area contributed by atoms with E-state index < -0.39 is 0 Å². The molecule has 1 N–H and O–H groups in total. The molecule has 1 aromatic heterocycles. The molecule has 0 saturated carbocycles. The summed E-state index contributed by atoms with van der Waals surface area (Å²) < 4.78 is 0. The van der Waals surface area contributed by atoms with Crippen molar-refractivity contribution in [1.29, 1.82) is 0 Å². The van der Waals surface area contributed by atoms with Crippen LogP contribution in [-0.4, -0.2) is 4.98 Å². The van der Waals surface area contributed by atoms with Crippen molar-refractivity contribution < 1.29 is 0 Å². The third-order valence-electron chi connectivity index (χ3n) is 10.3. The smallest absolute Gasteiger partial charge is 0.0471 e. The molecular weight excluding hydrogens is 530 g/mol. The Balaban J connectivity index is 1.24. The molecule has 9 aromatic carbocycles. The van der Waals surface area contributed by atoms with E-state index in [2.05, 4.69) is 138 Å². The Labute approximate surface area is 253 Å². The molecule has 0 spiro atoms. The minimum atomic E-state index is 0.989. The van der Waals surface area contributed by atoms with Gasteiger partial charge in [0.1, 0.15) is 0 Å². The van der Waals surface area contributed by atoms with E-state index in [0.29, 0.717) is 0 Å². The van der Waals surface area contributed by atoms with Crippen LogP contribution in [0.2, 0.25) is 0 Å². The maximum Gasteiger partial charge on any atom is 0.0471 e. The summed E-state index contributed by atoms with van der Waals surface area (Å²) in [6, 6.07) is 50.2. The van der Waals surface area contributed by atoms with Gasteiger partial charge in [-0.05, 0) is 130 Å². The summed E-state index contributed by atoms with van der Waals surface area (Å²) in [5.41, 5.74) is 8.07. The number of benzene rings is 9. The maximum absolute atomic E-state index is 3.75. The third-order valence-corrected chi connectivity index (χ3v) is 10.3. The number of nitrogens with one attached hydrogen (secondary N) is 1. The Morgan fingerprint density at radius 1 is 0.341 bits per heavy atom. The largest absolute Gasteiger partial charge is 0.354 e. The van der Waals surface area contributed by atoms with Crippen molar-refractivity contribution >= 4 is 86.4 Å². The van der Waals surface area contributed by atoms with Crippen LogP contribution in [-0.2, 0) is 6.42 Å². The first-order valence-corrected chi connectivity index (χ1v) is 15.5. The van der Waals surface area contributed by atoms with Crippen molar-refractivity contribution in [2.45, 2.75) is 6.42 Å². The molecule has 0 fully saturated rings. The highest BCUT2D eigenvalue weighted by molar-refractivity contribution is 6.31. The van der Waals surface area contributed by atoms with Crippen molar-refractivity contribution in [3.05, 3.63) is 145 Å². The van der Waals surface area contributed by atoms with Crippen LogP contribution in [0.3, 0.4) is 0 Å². The van der Waals surface area contributed by atoms with Gasteiger partial charge in [-0.25, -0.2) is 0 Å². The lowest BCUT2D eigenvalue weighted by atomic mass is 9.90. The quantitative estimate of drug-likeness (QED) is 0.141. The van der Waals surface area contributed by atoms with Gasteiger partial charge in [-0.15, -0.1) is 0 Å². The normalized spacial score (nSPS) is 12.9. The van der Waals surface area contributed by atoms with Crippen molar-refractivity contribution in [3.8, 4) is 11.1 Å². The first-order chi connectivity index (χ1) is 21.8. The Bertz CT molecular complexity index is 2900. The Kier molecular flexibility index (Phi) is 4.18. The minimum absolute atomic E-state index is 0.989. The summed E-state index contributed by atoms with van der Waals surface area (Å²) in [6.07, 6.45) is 0.989. The number of hydrogen-bond acceptors (Lipinski definition) is 0. The number of aromatic amines is 1. The van der Waals surface area contributed by atoms with Gasteiger partial charge in [0.2, 0.25) is 0 Å². The van der Waals surface area contributed by atoms with Crippen LogP contribution in [0.15, 0.2) is 133 Å².